The highest BCUT2D eigenvalue weighted by molar-refractivity contribution is 7.17. The van der Waals surface area contributed by atoms with E-state index in [9.17, 15) is 0 Å². The largest absolute Gasteiger partial charge is 0.339 e. The van der Waals surface area contributed by atoms with Gasteiger partial charge in [-0.2, -0.15) is 10.1 Å². The van der Waals surface area contributed by atoms with E-state index in [1.807, 2.05) is 60.1 Å². The minimum absolute atomic E-state index is 0.549. The first-order valence-electron chi connectivity index (χ1n) is 10.2. The number of fused-ring (bicyclic) bond motifs is 2. The Bertz CT molecular complexity index is 1540. The molecule has 3 aromatic heterocycles. The number of aromatic nitrogens is 4. The van der Waals surface area contributed by atoms with Gasteiger partial charge in [-0.25, -0.2) is 4.98 Å². The number of anilines is 4. The van der Waals surface area contributed by atoms with Gasteiger partial charge in [0.25, 0.3) is 0 Å². The van der Waals surface area contributed by atoms with Crippen LogP contribution in [-0.2, 0) is 0 Å². The Morgan fingerprint density at radius 1 is 0.750 bits per heavy atom. The zero-order chi connectivity index (χ0) is 21.3. The van der Waals surface area contributed by atoms with Crippen molar-refractivity contribution in [3.63, 3.8) is 0 Å². The molecular formula is C25H18N6S. The molecule has 0 spiro atoms. The summed E-state index contributed by atoms with van der Waals surface area (Å²) in [6.07, 6.45) is 1.81. The Labute approximate surface area is 188 Å². The Balaban J connectivity index is 1.34. The van der Waals surface area contributed by atoms with Crippen molar-refractivity contribution in [2.75, 3.05) is 10.6 Å². The van der Waals surface area contributed by atoms with Crippen LogP contribution in [0.3, 0.4) is 0 Å². The van der Waals surface area contributed by atoms with Crippen molar-refractivity contribution in [3.8, 4) is 11.1 Å². The molecule has 3 aromatic carbocycles. The summed E-state index contributed by atoms with van der Waals surface area (Å²) < 4.78 is 1.01. The average molecular weight is 435 g/mol. The smallest absolute Gasteiger partial charge is 0.229 e. The summed E-state index contributed by atoms with van der Waals surface area (Å²) in [5.74, 6) is 1.32. The van der Waals surface area contributed by atoms with E-state index in [1.165, 1.54) is 5.56 Å². The van der Waals surface area contributed by atoms with Crippen molar-refractivity contribution < 1.29 is 0 Å². The standard InChI is InChI=1S/C25H18N6S/c1-2-5-16(6-3-1)17-7-4-8-19(13-17)28-25-29-22-11-12-32-23(22)24(30-25)27-20-9-10-21-18(14-20)15-26-31-21/h1-15H,(H,26,31)(H2,27,28,29,30). The molecule has 3 heterocycles. The number of rotatable bonds is 5. The van der Waals surface area contributed by atoms with Crippen LogP contribution < -0.4 is 10.6 Å². The van der Waals surface area contributed by atoms with Gasteiger partial charge in [-0.05, 0) is 52.9 Å². The molecule has 6 aromatic rings. The third kappa shape index (κ3) is 3.55. The van der Waals surface area contributed by atoms with E-state index in [4.69, 9.17) is 9.97 Å². The minimum Gasteiger partial charge on any atom is -0.339 e. The molecule has 0 bridgehead atoms. The maximum absolute atomic E-state index is 4.79. The van der Waals surface area contributed by atoms with Crippen molar-refractivity contribution in [2.24, 2.45) is 0 Å². The molecule has 154 valence electrons. The fourth-order valence-corrected chi connectivity index (χ4v) is 4.47. The zero-order valence-corrected chi connectivity index (χ0v) is 17.7. The molecule has 0 saturated heterocycles. The van der Waals surface area contributed by atoms with Crippen molar-refractivity contribution in [3.05, 3.63) is 90.4 Å². The molecule has 0 radical (unpaired) electrons. The minimum atomic E-state index is 0.549. The van der Waals surface area contributed by atoms with Gasteiger partial charge in [0.1, 0.15) is 0 Å². The highest BCUT2D eigenvalue weighted by atomic mass is 32.1. The van der Waals surface area contributed by atoms with Gasteiger partial charge < -0.3 is 10.6 Å². The van der Waals surface area contributed by atoms with E-state index in [0.29, 0.717) is 5.95 Å². The van der Waals surface area contributed by atoms with Crippen LogP contribution >= 0.6 is 11.3 Å². The maximum atomic E-state index is 4.79. The average Bonchev–Trinajstić information content (AvgIpc) is 3.49. The predicted molar refractivity (Wildman–Crippen MR) is 132 cm³/mol. The number of hydrogen-bond donors (Lipinski definition) is 3. The van der Waals surface area contributed by atoms with Gasteiger partial charge >= 0.3 is 0 Å². The summed E-state index contributed by atoms with van der Waals surface area (Å²) in [7, 11) is 0. The normalized spacial score (nSPS) is 11.1. The molecule has 0 amide bonds. The second-order valence-corrected chi connectivity index (χ2v) is 8.32. The summed E-state index contributed by atoms with van der Waals surface area (Å²) >= 11 is 1.62. The summed E-state index contributed by atoms with van der Waals surface area (Å²) in [6, 6.07) is 26.7. The number of aromatic amines is 1. The van der Waals surface area contributed by atoms with Gasteiger partial charge in [-0.1, -0.05) is 42.5 Å². The fraction of sp³-hybridized carbons (Fsp3) is 0. The van der Waals surface area contributed by atoms with Gasteiger partial charge in [-0.15, -0.1) is 11.3 Å². The quantitative estimate of drug-likeness (QED) is 0.281. The predicted octanol–water partition coefficient (Wildman–Crippen LogP) is 6.72. The molecule has 0 atom stereocenters. The topological polar surface area (TPSA) is 78.5 Å². The molecular weight excluding hydrogens is 416 g/mol. The second-order valence-electron chi connectivity index (χ2n) is 7.40. The maximum Gasteiger partial charge on any atom is 0.229 e. The van der Waals surface area contributed by atoms with E-state index >= 15 is 0 Å². The number of nitrogens with zero attached hydrogens (tertiary/aromatic N) is 3. The van der Waals surface area contributed by atoms with Crippen LogP contribution in [0, 0.1) is 0 Å². The van der Waals surface area contributed by atoms with E-state index in [-0.39, 0.29) is 0 Å². The van der Waals surface area contributed by atoms with Gasteiger partial charge in [0, 0.05) is 16.8 Å². The van der Waals surface area contributed by atoms with E-state index in [2.05, 4.69) is 51.2 Å². The van der Waals surface area contributed by atoms with E-state index in [0.717, 1.165) is 43.9 Å². The summed E-state index contributed by atoms with van der Waals surface area (Å²) in [6.45, 7) is 0. The number of benzene rings is 3. The first-order valence-corrected chi connectivity index (χ1v) is 11.1. The fourth-order valence-electron chi connectivity index (χ4n) is 3.70. The molecule has 0 aliphatic rings. The Hall–Kier alpha value is -4.23. The molecule has 6 nitrogen and oxygen atoms in total. The number of nitrogens with one attached hydrogen (secondary N) is 3. The van der Waals surface area contributed by atoms with Crippen LogP contribution in [0.25, 0.3) is 32.2 Å². The monoisotopic (exact) mass is 434 g/mol. The van der Waals surface area contributed by atoms with Crippen LogP contribution in [-0.4, -0.2) is 20.2 Å². The molecule has 0 aliphatic heterocycles. The third-order valence-electron chi connectivity index (χ3n) is 5.23. The van der Waals surface area contributed by atoms with Gasteiger partial charge in [0.05, 0.1) is 21.9 Å². The number of hydrogen-bond acceptors (Lipinski definition) is 6. The van der Waals surface area contributed by atoms with E-state index < -0.39 is 0 Å². The van der Waals surface area contributed by atoms with Crippen molar-refractivity contribution in [2.45, 2.75) is 0 Å². The Morgan fingerprint density at radius 2 is 1.62 bits per heavy atom. The van der Waals surface area contributed by atoms with Crippen LogP contribution in [0.15, 0.2) is 90.4 Å². The summed E-state index contributed by atoms with van der Waals surface area (Å²) in [5, 5.41) is 17.0. The number of thiophene rings is 1. The van der Waals surface area contributed by atoms with Gasteiger partial charge in [-0.3, -0.25) is 5.10 Å². The zero-order valence-electron chi connectivity index (χ0n) is 16.9. The molecule has 0 saturated carbocycles. The second kappa shape index (κ2) is 7.79. The molecule has 6 rings (SSSR count). The first kappa shape index (κ1) is 18.5. The lowest BCUT2D eigenvalue weighted by Crippen LogP contribution is -2.01. The SMILES string of the molecule is c1ccc(-c2cccc(Nc3nc(Nc4ccc5[nH]ncc5c4)c4sccc4n3)c2)cc1. The first-order chi connectivity index (χ1) is 15.8. The Morgan fingerprint density at radius 3 is 2.56 bits per heavy atom. The lowest BCUT2D eigenvalue weighted by Gasteiger charge is -2.11. The molecule has 0 aliphatic carbocycles. The third-order valence-corrected chi connectivity index (χ3v) is 6.14. The van der Waals surface area contributed by atoms with Gasteiger partial charge in [0.2, 0.25) is 5.95 Å². The van der Waals surface area contributed by atoms with Gasteiger partial charge in [0.15, 0.2) is 5.82 Å². The highest BCUT2D eigenvalue weighted by Crippen LogP contribution is 2.31. The van der Waals surface area contributed by atoms with Crippen LogP contribution in [0.4, 0.5) is 23.1 Å². The molecule has 32 heavy (non-hydrogen) atoms. The molecule has 3 N–H and O–H groups in total. The number of H-pyrrole nitrogens is 1. The van der Waals surface area contributed by atoms with Crippen LogP contribution in [0.5, 0.6) is 0 Å². The van der Waals surface area contributed by atoms with Crippen molar-refractivity contribution >= 4 is 55.6 Å². The molecule has 7 heteroatoms. The molecule has 0 unspecified atom stereocenters. The van der Waals surface area contributed by atoms with E-state index in [1.54, 1.807) is 11.3 Å². The highest BCUT2D eigenvalue weighted by Gasteiger charge is 2.11. The Kier molecular flexibility index (Phi) is 4.51. The van der Waals surface area contributed by atoms with Crippen LogP contribution in [0.1, 0.15) is 0 Å². The summed E-state index contributed by atoms with van der Waals surface area (Å²) in [4.78, 5) is 9.50. The lowest BCUT2D eigenvalue weighted by atomic mass is 10.1. The molecule has 0 fully saturated rings. The summed E-state index contributed by atoms with van der Waals surface area (Å²) in [5.41, 5.74) is 6.09. The van der Waals surface area contributed by atoms with Crippen LogP contribution in [0.2, 0.25) is 0 Å². The van der Waals surface area contributed by atoms with Crippen molar-refractivity contribution in [1.82, 2.24) is 20.2 Å². The lowest BCUT2D eigenvalue weighted by molar-refractivity contribution is 1.12. The van der Waals surface area contributed by atoms with Crippen molar-refractivity contribution in [1.29, 1.82) is 0 Å².